The maximum absolute atomic E-state index is 12.6. The highest BCUT2D eigenvalue weighted by Gasteiger charge is 2.21. The minimum atomic E-state index is -0.538. The molecule has 0 fully saturated rings. The predicted octanol–water partition coefficient (Wildman–Crippen LogP) is 4.99. The summed E-state index contributed by atoms with van der Waals surface area (Å²) in [4.78, 5) is 33.6. The number of benzene rings is 1. The number of thiophene rings is 1. The van der Waals surface area contributed by atoms with Crippen molar-refractivity contribution in [2.45, 2.75) is 31.0 Å². The van der Waals surface area contributed by atoms with Gasteiger partial charge in [0.05, 0.1) is 20.9 Å². The van der Waals surface area contributed by atoms with E-state index in [2.05, 4.69) is 15.3 Å². The van der Waals surface area contributed by atoms with Crippen LogP contribution >= 0.6 is 34.7 Å². The number of carbonyl (C=O) groups excluding carboxylic acids is 1. The van der Waals surface area contributed by atoms with E-state index in [-0.39, 0.29) is 22.3 Å². The Labute approximate surface area is 168 Å². The van der Waals surface area contributed by atoms with E-state index in [1.165, 1.54) is 36.3 Å². The Balaban J connectivity index is 1.81. The van der Waals surface area contributed by atoms with Crippen LogP contribution in [0.15, 0.2) is 29.6 Å². The van der Waals surface area contributed by atoms with Gasteiger partial charge in [0.1, 0.15) is 16.2 Å². The lowest BCUT2D eigenvalue weighted by Gasteiger charge is -2.13. The van der Waals surface area contributed by atoms with Gasteiger partial charge >= 0.3 is 0 Å². The van der Waals surface area contributed by atoms with E-state index in [1.807, 2.05) is 13.8 Å². The molecule has 0 aliphatic heterocycles. The summed E-state index contributed by atoms with van der Waals surface area (Å²) >= 11 is 8.95. The van der Waals surface area contributed by atoms with Gasteiger partial charge in [0.15, 0.2) is 0 Å². The number of nitro benzene ring substituents is 1. The van der Waals surface area contributed by atoms with Crippen molar-refractivity contribution in [1.82, 2.24) is 9.97 Å². The van der Waals surface area contributed by atoms with Gasteiger partial charge in [0.2, 0.25) is 5.91 Å². The summed E-state index contributed by atoms with van der Waals surface area (Å²) in [5, 5.41) is 15.0. The first-order chi connectivity index (χ1) is 12.8. The molecule has 1 atom stereocenters. The Hall–Kier alpha value is -2.23. The number of thioether (sulfide) groups is 1. The van der Waals surface area contributed by atoms with Crippen LogP contribution < -0.4 is 5.32 Å². The molecule has 0 saturated heterocycles. The van der Waals surface area contributed by atoms with Gasteiger partial charge in [-0.15, -0.1) is 11.3 Å². The molecule has 27 heavy (non-hydrogen) atoms. The largest absolute Gasteiger partial charge is 0.324 e. The van der Waals surface area contributed by atoms with E-state index in [1.54, 1.807) is 18.3 Å². The minimum absolute atomic E-state index is 0.142. The van der Waals surface area contributed by atoms with Crippen molar-refractivity contribution in [3.8, 4) is 0 Å². The fraction of sp³-hybridized carbons (Fsp3) is 0.235. The second-order valence-electron chi connectivity index (χ2n) is 5.81. The summed E-state index contributed by atoms with van der Waals surface area (Å²) in [6.45, 7) is 5.78. The van der Waals surface area contributed by atoms with E-state index in [0.29, 0.717) is 0 Å². The third kappa shape index (κ3) is 4.05. The Bertz CT molecular complexity index is 1050. The molecule has 0 saturated carbocycles. The molecular formula is C17H15ClN4O3S2. The quantitative estimate of drug-likeness (QED) is 0.269. The van der Waals surface area contributed by atoms with Crippen molar-refractivity contribution in [3.05, 3.63) is 50.1 Å². The number of amides is 1. The highest BCUT2D eigenvalue weighted by molar-refractivity contribution is 8.00. The second kappa shape index (κ2) is 7.79. The zero-order valence-corrected chi connectivity index (χ0v) is 17.0. The standard InChI is InChI=1S/C17H15ClN4O3S2/c1-8-9(2)26-16-14(8)17(20-7-19-16)27-10(3)15(23)21-13-6-11(22(24)25)4-5-12(13)18/h4-7,10H,1-3H3,(H,21,23)/t10-/m0/s1. The second-order valence-corrected chi connectivity index (χ2v) is 8.75. The lowest BCUT2D eigenvalue weighted by molar-refractivity contribution is -0.384. The number of hydrogen-bond acceptors (Lipinski definition) is 7. The van der Waals surface area contributed by atoms with Crippen molar-refractivity contribution >= 4 is 62.2 Å². The van der Waals surface area contributed by atoms with Gasteiger partial charge in [-0.2, -0.15) is 0 Å². The zero-order valence-electron chi connectivity index (χ0n) is 14.6. The van der Waals surface area contributed by atoms with Crippen LogP contribution in [0.3, 0.4) is 0 Å². The van der Waals surface area contributed by atoms with Crippen molar-refractivity contribution in [3.63, 3.8) is 0 Å². The molecular weight excluding hydrogens is 408 g/mol. The molecule has 0 spiro atoms. The van der Waals surface area contributed by atoms with Crippen molar-refractivity contribution in [1.29, 1.82) is 0 Å². The average molecular weight is 423 g/mol. The molecule has 0 radical (unpaired) electrons. The highest BCUT2D eigenvalue weighted by atomic mass is 35.5. The molecule has 2 aromatic heterocycles. The highest BCUT2D eigenvalue weighted by Crippen LogP contribution is 2.36. The van der Waals surface area contributed by atoms with Crippen LogP contribution in [0.1, 0.15) is 17.4 Å². The zero-order chi connectivity index (χ0) is 19.7. The van der Waals surface area contributed by atoms with Gasteiger partial charge in [0.25, 0.3) is 5.69 Å². The molecule has 3 rings (SSSR count). The van der Waals surface area contributed by atoms with Gasteiger partial charge in [-0.05, 0) is 32.4 Å². The van der Waals surface area contributed by atoms with Gasteiger partial charge in [-0.1, -0.05) is 23.4 Å². The first kappa shape index (κ1) is 19.5. The van der Waals surface area contributed by atoms with Crippen LogP contribution in [0, 0.1) is 24.0 Å². The number of aryl methyl sites for hydroxylation is 2. The van der Waals surface area contributed by atoms with Crippen LogP contribution in [0.4, 0.5) is 11.4 Å². The van der Waals surface area contributed by atoms with E-state index < -0.39 is 10.2 Å². The number of hydrogen-bond donors (Lipinski definition) is 1. The molecule has 0 aliphatic rings. The Morgan fingerprint density at radius 2 is 2.11 bits per heavy atom. The number of aromatic nitrogens is 2. The van der Waals surface area contributed by atoms with E-state index in [9.17, 15) is 14.9 Å². The SMILES string of the molecule is Cc1sc2ncnc(S[C@@H](C)C(=O)Nc3cc([N+](=O)[O-])ccc3Cl)c2c1C. The fourth-order valence-corrected chi connectivity index (χ4v) is 4.62. The number of rotatable bonds is 5. The number of fused-ring (bicyclic) bond motifs is 1. The molecule has 7 nitrogen and oxygen atoms in total. The number of halogens is 1. The third-order valence-corrected chi connectivity index (χ3v) is 6.55. The van der Waals surface area contributed by atoms with Crippen molar-refractivity contribution in [2.75, 3.05) is 5.32 Å². The van der Waals surface area contributed by atoms with Crippen molar-refractivity contribution < 1.29 is 9.72 Å². The summed E-state index contributed by atoms with van der Waals surface area (Å²) < 4.78 is 0. The smallest absolute Gasteiger partial charge is 0.271 e. The summed E-state index contributed by atoms with van der Waals surface area (Å²) in [6, 6.07) is 3.92. The van der Waals surface area contributed by atoms with Crippen LogP contribution in [-0.4, -0.2) is 26.0 Å². The lowest BCUT2D eigenvalue weighted by atomic mass is 10.2. The van der Waals surface area contributed by atoms with Crippen LogP contribution in [0.25, 0.3) is 10.2 Å². The maximum atomic E-state index is 12.6. The molecule has 0 bridgehead atoms. The maximum Gasteiger partial charge on any atom is 0.271 e. The third-order valence-electron chi connectivity index (χ3n) is 4.01. The van der Waals surface area contributed by atoms with E-state index in [4.69, 9.17) is 11.6 Å². The van der Waals surface area contributed by atoms with Gasteiger partial charge in [0, 0.05) is 22.4 Å². The molecule has 0 aliphatic carbocycles. The summed E-state index contributed by atoms with van der Waals surface area (Å²) in [5.74, 6) is -0.321. The number of non-ortho nitro benzene ring substituents is 1. The Morgan fingerprint density at radius 3 is 2.81 bits per heavy atom. The number of nitrogens with zero attached hydrogens (tertiary/aromatic N) is 3. The van der Waals surface area contributed by atoms with E-state index in [0.717, 1.165) is 25.7 Å². The molecule has 1 N–H and O–H groups in total. The van der Waals surface area contributed by atoms with E-state index >= 15 is 0 Å². The number of nitrogens with one attached hydrogen (secondary N) is 1. The molecule has 140 valence electrons. The Kier molecular flexibility index (Phi) is 5.64. The van der Waals surface area contributed by atoms with Crippen molar-refractivity contribution in [2.24, 2.45) is 0 Å². The topological polar surface area (TPSA) is 98.0 Å². The molecule has 1 amide bonds. The first-order valence-electron chi connectivity index (χ1n) is 7.90. The number of carbonyl (C=O) groups is 1. The number of anilines is 1. The molecule has 1 aromatic carbocycles. The average Bonchev–Trinajstić information content (AvgIpc) is 2.91. The fourth-order valence-electron chi connectivity index (χ4n) is 2.42. The van der Waals surface area contributed by atoms with Gasteiger partial charge < -0.3 is 5.32 Å². The number of nitro groups is 1. The summed E-state index contributed by atoms with van der Waals surface area (Å²) in [5.41, 5.74) is 1.17. The predicted molar refractivity (Wildman–Crippen MR) is 109 cm³/mol. The summed E-state index contributed by atoms with van der Waals surface area (Å²) in [6.07, 6.45) is 1.49. The molecule has 3 aromatic rings. The van der Waals surface area contributed by atoms with Gasteiger partial charge in [-0.25, -0.2) is 9.97 Å². The lowest BCUT2D eigenvalue weighted by Crippen LogP contribution is -2.22. The van der Waals surface area contributed by atoms with Gasteiger partial charge in [-0.3, -0.25) is 14.9 Å². The molecule has 0 unspecified atom stereocenters. The summed E-state index contributed by atoms with van der Waals surface area (Å²) in [7, 11) is 0. The minimum Gasteiger partial charge on any atom is -0.324 e. The van der Waals surface area contributed by atoms with Crippen LogP contribution in [-0.2, 0) is 4.79 Å². The Morgan fingerprint density at radius 1 is 1.37 bits per heavy atom. The molecule has 2 heterocycles. The van der Waals surface area contributed by atoms with Crippen LogP contribution in [0.2, 0.25) is 5.02 Å². The monoisotopic (exact) mass is 422 g/mol. The molecule has 10 heteroatoms. The first-order valence-corrected chi connectivity index (χ1v) is 9.97. The normalized spacial score (nSPS) is 12.1. The van der Waals surface area contributed by atoms with Crippen LogP contribution in [0.5, 0.6) is 0 Å².